The van der Waals surface area contributed by atoms with Crippen LogP contribution in [0.5, 0.6) is 0 Å². The summed E-state index contributed by atoms with van der Waals surface area (Å²) in [6.07, 6.45) is 4.49. The molecule has 18 heavy (non-hydrogen) atoms. The van der Waals surface area contributed by atoms with Crippen LogP contribution in [0.1, 0.15) is 19.8 Å². The van der Waals surface area contributed by atoms with Gasteiger partial charge < -0.3 is 5.32 Å². The van der Waals surface area contributed by atoms with Crippen molar-refractivity contribution >= 4 is 39.3 Å². The van der Waals surface area contributed by atoms with E-state index in [1.807, 2.05) is 30.1 Å². The Kier molecular flexibility index (Phi) is 3.23. The lowest BCUT2D eigenvalue weighted by Gasteiger charge is -2.22. The van der Waals surface area contributed by atoms with Gasteiger partial charge in [0.15, 0.2) is 5.65 Å². The molecule has 1 atom stereocenters. The Morgan fingerprint density at radius 3 is 3.22 bits per heavy atom. The highest BCUT2D eigenvalue weighted by molar-refractivity contribution is 9.10. The van der Waals surface area contributed by atoms with Crippen LogP contribution in [0.4, 0.5) is 5.95 Å². The summed E-state index contributed by atoms with van der Waals surface area (Å²) in [5.74, 6) is 1.97. The van der Waals surface area contributed by atoms with Gasteiger partial charge in [-0.05, 0) is 53.6 Å². The van der Waals surface area contributed by atoms with Crippen molar-refractivity contribution in [3.63, 3.8) is 0 Å². The smallest absolute Gasteiger partial charge is 0.243 e. The lowest BCUT2D eigenvalue weighted by atomic mass is 10.1. The summed E-state index contributed by atoms with van der Waals surface area (Å²) >= 11 is 5.52. The normalized spacial score (nSPS) is 23.7. The fourth-order valence-electron chi connectivity index (χ4n) is 2.19. The van der Waals surface area contributed by atoms with E-state index >= 15 is 0 Å². The Balaban J connectivity index is 1.77. The van der Waals surface area contributed by atoms with Crippen LogP contribution in [0.2, 0.25) is 0 Å². The summed E-state index contributed by atoms with van der Waals surface area (Å²) in [6, 6.07) is 3.92. The minimum absolute atomic E-state index is 0.328. The van der Waals surface area contributed by atoms with Gasteiger partial charge in [0.05, 0.1) is 4.47 Å². The molecule has 0 bridgehead atoms. The van der Waals surface area contributed by atoms with Crippen molar-refractivity contribution in [3.05, 3.63) is 22.8 Å². The van der Waals surface area contributed by atoms with E-state index < -0.39 is 0 Å². The Labute approximate surface area is 119 Å². The molecule has 0 saturated carbocycles. The highest BCUT2D eigenvalue weighted by Crippen LogP contribution is 2.37. The third kappa shape index (κ3) is 2.36. The average molecular weight is 327 g/mol. The van der Waals surface area contributed by atoms with Crippen molar-refractivity contribution in [2.75, 3.05) is 17.6 Å². The Bertz CT molecular complexity index is 562. The lowest BCUT2D eigenvalue weighted by molar-refractivity contribution is 0.632. The van der Waals surface area contributed by atoms with E-state index in [0.717, 1.165) is 16.7 Å². The predicted molar refractivity (Wildman–Crippen MR) is 79.3 cm³/mol. The van der Waals surface area contributed by atoms with Crippen LogP contribution in [0.15, 0.2) is 22.8 Å². The van der Waals surface area contributed by atoms with Gasteiger partial charge in [0, 0.05) is 17.5 Å². The van der Waals surface area contributed by atoms with Gasteiger partial charge in [0.1, 0.15) is 0 Å². The van der Waals surface area contributed by atoms with E-state index in [1.165, 1.54) is 18.6 Å². The number of halogens is 1. The molecule has 0 amide bonds. The topological polar surface area (TPSA) is 42.2 Å². The molecule has 0 radical (unpaired) electrons. The van der Waals surface area contributed by atoms with Crippen LogP contribution >= 0.6 is 27.7 Å². The highest BCUT2D eigenvalue weighted by atomic mass is 79.9. The second kappa shape index (κ2) is 4.74. The Hall–Kier alpha value is -0.750. The van der Waals surface area contributed by atoms with Crippen molar-refractivity contribution < 1.29 is 0 Å². The molecule has 4 nitrogen and oxygen atoms in total. The van der Waals surface area contributed by atoms with Crippen molar-refractivity contribution in [2.24, 2.45) is 0 Å². The van der Waals surface area contributed by atoms with E-state index in [4.69, 9.17) is 0 Å². The van der Waals surface area contributed by atoms with Crippen LogP contribution in [0.25, 0.3) is 5.65 Å². The van der Waals surface area contributed by atoms with Crippen LogP contribution in [-0.4, -0.2) is 31.6 Å². The third-order valence-electron chi connectivity index (χ3n) is 3.24. The second-order valence-electron chi connectivity index (χ2n) is 4.82. The van der Waals surface area contributed by atoms with Crippen molar-refractivity contribution in [3.8, 4) is 0 Å². The molecule has 1 saturated heterocycles. The largest absolute Gasteiger partial charge is 0.352 e. The predicted octanol–water partition coefficient (Wildman–Crippen LogP) is 3.19. The maximum Gasteiger partial charge on any atom is 0.243 e. The zero-order valence-electron chi connectivity index (χ0n) is 10.2. The van der Waals surface area contributed by atoms with Crippen LogP contribution in [-0.2, 0) is 0 Å². The minimum Gasteiger partial charge on any atom is -0.352 e. The number of aromatic nitrogens is 3. The summed E-state index contributed by atoms with van der Waals surface area (Å²) in [6.45, 7) is 3.23. The SMILES string of the molecule is CC1(CNc2nc3c(Br)cccn3n2)CCCS1. The Morgan fingerprint density at radius 2 is 2.50 bits per heavy atom. The van der Waals surface area contributed by atoms with Gasteiger partial charge >= 0.3 is 0 Å². The average Bonchev–Trinajstić information content (AvgIpc) is 2.94. The summed E-state index contributed by atoms with van der Waals surface area (Å²) < 4.78 is 3.08. The molecule has 1 aliphatic rings. The molecule has 0 aliphatic carbocycles. The molecule has 0 aromatic carbocycles. The van der Waals surface area contributed by atoms with Crippen molar-refractivity contribution in [1.82, 2.24) is 14.6 Å². The van der Waals surface area contributed by atoms with Crippen molar-refractivity contribution in [2.45, 2.75) is 24.5 Å². The van der Waals surface area contributed by atoms with E-state index in [1.54, 1.807) is 4.52 Å². The number of hydrogen-bond donors (Lipinski definition) is 1. The second-order valence-corrected chi connectivity index (χ2v) is 7.35. The third-order valence-corrected chi connectivity index (χ3v) is 5.39. The fourth-order valence-corrected chi connectivity index (χ4v) is 3.86. The van der Waals surface area contributed by atoms with Crippen molar-refractivity contribution in [1.29, 1.82) is 0 Å². The van der Waals surface area contributed by atoms with E-state index in [2.05, 4.69) is 38.3 Å². The lowest BCUT2D eigenvalue weighted by Crippen LogP contribution is -2.27. The van der Waals surface area contributed by atoms with Gasteiger partial charge in [0.25, 0.3) is 0 Å². The van der Waals surface area contributed by atoms with E-state index in [9.17, 15) is 0 Å². The van der Waals surface area contributed by atoms with Gasteiger partial charge in [-0.15, -0.1) is 5.10 Å². The molecule has 3 heterocycles. The standard InChI is InChI=1S/C12H15BrN4S/c1-12(5-3-7-18-12)8-14-11-15-10-9(13)4-2-6-17(10)16-11/h2,4,6H,3,5,7-8H2,1H3,(H,14,16). The molecule has 1 fully saturated rings. The molecule has 2 aromatic rings. The molecule has 1 aliphatic heterocycles. The summed E-state index contributed by atoms with van der Waals surface area (Å²) in [7, 11) is 0. The van der Waals surface area contributed by atoms with E-state index in [0.29, 0.717) is 10.7 Å². The number of rotatable bonds is 3. The van der Waals surface area contributed by atoms with Gasteiger partial charge in [0.2, 0.25) is 5.95 Å². The number of anilines is 1. The summed E-state index contributed by atoms with van der Waals surface area (Å²) in [5.41, 5.74) is 0.851. The van der Waals surface area contributed by atoms with Gasteiger partial charge in [-0.2, -0.15) is 16.7 Å². The minimum atomic E-state index is 0.328. The van der Waals surface area contributed by atoms with Crippen LogP contribution in [0.3, 0.4) is 0 Å². The quantitative estimate of drug-likeness (QED) is 0.940. The Morgan fingerprint density at radius 1 is 1.61 bits per heavy atom. The molecule has 1 N–H and O–H groups in total. The molecule has 3 rings (SSSR count). The molecule has 0 spiro atoms. The number of thioether (sulfide) groups is 1. The summed E-state index contributed by atoms with van der Waals surface area (Å²) in [4.78, 5) is 4.49. The number of nitrogens with one attached hydrogen (secondary N) is 1. The first-order chi connectivity index (χ1) is 8.66. The zero-order chi connectivity index (χ0) is 12.6. The number of nitrogens with zero attached hydrogens (tertiary/aromatic N) is 3. The first-order valence-electron chi connectivity index (χ1n) is 6.05. The molecular weight excluding hydrogens is 312 g/mol. The monoisotopic (exact) mass is 326 g/mol. The fraction of sp³-hybridized carbons (Fsp3) is 0.500. The molecule has 2 aromatic heterocycles. The zero-order valence-corrected chi connectivity index (χ0v) is 12.6. The molecule has 96 valence electrons. The van der Waals surface area contributed by atoms with Crippen LogP contribution < -0.4 is 5.32 Å². The number of pyridine rings is 1. The van der Waals surface area contributed by atoms with Gasteiger partial charge in [-0.25, -0.2) is 4.52 Å². The van der Waals surface area contributed by atoms with Gasteiger partial charge in [-0.1, -0.05) is 0 Å². The molecular formula is C12H15BrN4S. The molecule has 1 unspecified atom stereocenters. The van der Waals surface area contributed by atoms with Gasteiger partial charge in [-0.3, -0.25) is 0 Å². The number of fused-ring (bicyclic) bond motifs is 1. The number of hydrogen-bond acceptors (Lipinski definition) is 4. The van der Waals surface area contributed by atoms with Crippen LogP contribution in [0, 0.1) is 0 Å². The first-order valence-corrected chi connectivity index (χ1v) is 7.83. The first kappa shape index (κ1) is 12.3. The molecule has 6 heteroatoms. The van der Waals surface area contributed by atoms with E-state index in [-0.39, 0.29) is 0 Å². The highest BCUT2D eigenvalue weighted by Gasteiger charge is 2.29. The maximum atomic E-state index is 4.49. The summed E-state index contributed by atoms with van der Waals surface area (Å²) in [5, 5.41) is 7.78. The maximum absolute atomic E-state index is 4.49.